The third-order valence-electron chi connectivity index (χ3n) is 3.24. The van der Waals surface area contributed by atoms with Crippen LogP contribution in [0.25, 0.3) is 0 Å². The molecule has 1 saturated carbocycles. The summed E-state index contributed by atoms with van der Waals surface area (Å²) in [6, 6.07) is -0.836. The zero-order valence-corrected chi connectivity index (χ0v) is 9.95. The van der Waals surface area contributed by atoms with Crippen molar-refractivity contribution >= 4 is 16.0 Å². The molecule has 2 rings (SSSR count). The molecule has 1 unspecified atom stereocenters. The monoisotopic (exact) mass is 247 g/mol. The molecular formula is C10H17NO4S. The highest BCUT2D eigenvalue weighted by Gasteiger charge is 2.39. The van der Waals surface area contributed by atoms with E-state index in [-0.39, 0.29) is 11.7 Å². The molecule has 1 N–H and O–H groups in total. The second-order valence-corrected chi connectivity index (χ2v) is 6.65. The van der Waals surface area contributed by atoms with E-state index in [1.165, 1.54) is 4.31 Å². The molecule has 6 heteroatoms. The molecule has 0 spiro atoms. The fourth-order valence-corrected chi connectivity index (χ4v) is 4.27. The number of rotatable bonds is 4. The van der Waals surface area contributed by atoms with Crippen LogP contribution in [0.15, 0.2) is 0 Å². The zero-order chi connectivity index (χ0) is 11.8. The lowest BCUT2D eigenvalue weighted by atomic mass is 10.1. The van der Waals surface area contributed by atoms with E-state index >= 15 is 0 Å². The highest BCUT2D eigenvalue weighted by molar-refractivity contribution is 7.89. The van der Waals surface area contributed by atoms with E-state index in [0.29, 0.717) is 13.0 Å². The summed E-state index contributed by atoms with van der Waals surface area (Å²) in [6.45, 7) is 0.367. The fraction of sp³-hybridized carbons (Fsp3) is 0.900. The van der Waals surface area contributed by atoms with Crippen molar-refractivity contribution in [3.8, 4) is 0 Å². The predicted octanol–water partition coefficient (Wildman–Crippen LogP) is 0.665. The molecule has 1 saturated heterocycles. The van der Waals surface area contributed by atoms with Crippen LogP contribution >= 0.6 is 0 Å². The maximum absolute atomic E-state index is 12.0. The van der Waals surface area contributed by atoms with E-state index in [9.17, 15) is 13.2 Å². The van der Waals surface area contributed by atoms with Gasteiger partial charge in [-0.3, -0.25) is 4.79 Å². The minimum atomic E-state index is -3.36. The Morgan fingerprint density at radius 2 is 1.94 bits per heavy atom. The molecule has 0 bridgehead atoms. The molecule has 0 aromatic heterocycles. The number of carboxylic acid groups (broad SMARTS) is 1. The summed E-state index contributed by atoms with van der Waals surface area (Å²) in [5, 5.41) is 9.02. The van der Waals surface area contributed by atoms with Crippen LogP contribution in [0.2, 0.25) is 0 Å². The molecule has 1 aliphatic heterocycles. The van der Waals surface area contributed by atoms with Gasteiger partial charge in [0.2, 0.25) is 10.0 Å². The fourth-order valence-electron chi connectivity index (χ4n) is 2.16. The van der Waals surface area contributed by atoms with Gasteiger partial charge in [0.25, 0.3) is 0 Å². The van der Waals surface area contributed by atoms with Gasteiger partial charge in [0.15, 0.2) is 0 Å². The third kappa shape index (κ3) is 2.55. The SMILES string of the molecule is O=C(O)C1CCCCN1S(=O)(=O)CC1CC1. The van der Waals surface area contributed by atoms with Gasteiger partial charge >= 0.3 is 5.97 Å². The first-order valence-corrected chi connectivity index (χ1v) is 7.34. The number of carboxylic acids is 1. The standard InChI is InChI=1S/C10H17NO4S/c12-10(13)9-3-1-2-6-11(9)16(14,15)7-8-4-5-8/h8-9H,1-7H2,(H,12,13). The van der Waals surface area contributed by atoms with E-state index in [0.717, 1.165) is 25.7 Å². The first-order chi connectivity index (χ1) is 7.50. The maximum atomic E-state index is 12.0. The molecule has 0 amide bonds. The van der Waals surface area contributed by atoms with Crippen LogP contribution in [-0.4, -0.2) is 42.1 Å². The highest BCUT2D eigenvalue weighted by Crippen LogP contribution is 2.32. The Hall–Kier alpha value is -0.620. The molecule has 1 atom stereocenters. The van der Waals surface area contributed by atoms with Crippen LogP contribution < -0.4 is 0 Å². The molecule has 92 valence electrons. The largest absolute Gasteiger partial charge is 0.480 e. The molecule has 5 nitrogen and oxygen atoms in total. The zero-order valence-electron chi connectivity index (χ0n) is 9.13. The minimum Gasteiger partial charge on any atom is -0.480 e. The molecule has 1 aliphatic carbocycles. The Morgan fingerprint density at radius 3 is 2.50 bits per heavy atom. The van der Waals surface area contributed by atoms with Gasteiger partial charge in [-0.2, -0.15) is 4.31 Å². The van der Waals surface area contributed by atoms with Crippen LogP contribution in [0.1, 0.15) is 32.1 Å². The number of aliphatic carboxylic acids is 1. The van der Waals surface area contributed by atoms with Gasteiger partial charge in [0, 0.05) is 6.54 Å². The van der Waals surface area contributed by atoms with Crippen molar-refractivity contribution in [1.29, 1.82) is 0 Å². The van der Waals surface area contributed by atoms with Crippen molar-refractivity contribution in [2.75, 3.05) is 12.3 Å². The van der Waals surface area contributed by atoms with E-state index in [1.807, 2.05) is 0 Å². The second kappa shape index (κ2) is 4.33. The molecule has 0 aromatic rings. The summed E-state index contributed by atoms with van der Waals surface area (Å²) in [4.78, 5) is 11.0. The van der Waals surface area contributed by atoms with Crippen molar-refractivity contribution < 1.29 is 18.3 Å². The van der Waals surface area contributed by atoms with E-state index < -0.39 is 22.0 Å². The first-order valence-electron chi connectivity index (χ1n) is 5.73. The van der Waals surface area contributed by atoms with E-state index in [4.69, 9.17) is 5.11 Å². The first kappa shape index (κ1) is 11.9. The van der Waals surface area contributed by atoms with Gasteiger partial charge < -0.3 is 5.11 Å². The quantitative estimate of drug-likeness (QED) is 0.792. The Labute approximate surface area is 95.5 Å². The highest BCUT2D eigenvalue weighted by atomic mass is 32.2. The summed E-state index contributed by atoms with van der Waals surface area (Å²) >= 11 is 0. The average Bonchev–Trinajstić information content (AvgIpc) is 3.01. The van der Waals surface area contributed by atoms with E-state index in [1.54, 1.807) is 0 Å². The van der Waals surface area contributed by atoms with Gasteiger partial charge in [-0.1, -0.05) is 0 Å². The number of piperidine rings is 1. The van der Waals surface area contributed by atoms with Gasteiger partial charge in [0.1, 0.15) is 6.04 Å². The van der Waals surface area contributed by atoms with Crippen molar-refractivity contribution in [2.45, 2.75) is 38.1 Å². The van der Waals surface area contributed by atoms with Gasteiger partial charge in [0.05, 0.1) is 5.75 Å². The summed E-state index contributed by atoms with van der Waals surface area (Å²) in [7, 11) is -3.36. The summed E-state index contributed by atoms with van der Waals surface area (Å²) in [6.07, 6.45) is 3.94. The van der Waals surface area contributed by atoms with Crippen LogP contribution in [0.3, 0.4) is 0 Å². The minimum absolute atomic E-state index is 0.136. The number of nitrogens with zero attached hydrogens (tertiary/aromatic N) is 1. The number of sulfonamides is 1. The summed E-state index contributed by atoms with van der Waals surface area (Å²) in [5.41, 5.74) is 0. The molecular weight excluding hydrogens is 230 g/mol. The molecule has 0 radical (unpaired) electrons. The van der Waals surface area contributed by atoms with Crippen molar-refractivity contribution in [2.24, 2.45) is 5.92 Å². The third-order valence-corrected chi connectivity index (χ3v) is 5.28. The van der Waals surface area contributed by atoms with Gasteiger partial charge in [-0.25, -0.2) is 8.42 Å². The smallest absolute Gasteiger partial charge is 0.322 e. The lowest BCUT2D eigenvalue weighted by molar-refractivity contribution is -0.142. The van der Waals surface area contributed by atoms with E-state index in [2.05, 4.69) is 0 Å². The van der Waals surface area contributed by atoms with Crippen LogP contribution in [-0.2, 0) is 14.8 Å². The average molecular weight is 247 g/mol. The van der Waals surface area contributed by atoms with Crippen LogP contribution in [0, 0.1) is 5.92 Å². The van der Waals surface area contributed by atoms with Crippen molar-refractivity contribution in [3.05, 3.63) is 0 Å². The summed E-state index contributed by atoms with van der Waals surface area (Å²) in [5.74, 6) is -0.614. The maximum Gasteiger partial charge on any atom is 0.322 e. The van der Waals surface area contributed by atoms with Gasteiger partial charge in [-0.15, -0.1) is 0 Å². The molecule has 2 fully saturated rings. The predicted molar refractivity (Wildman–Crippen MR) is 58.5 cm³/mol. The molecule has 0 aromatic carbocycles. The Morgan fingerprint density at radius 1 is 1.25 bits per heavy atom. The van der Waals surface area contributed by atoms with Crippen molar-refractivity contribution in [3.63, 3.8) is 0 Å². The molecule has 1 heterocycles. The van der Waals surface area contributed by atoms with Crippen LogP contribution in [0.5, 0.6) is 0 Å². The van der Waals surface area contributed by atoms with Crippen molar-refractivity contribution in [1.82, 2.24) is 4.31 Å². The lowest BCUT2D eigenvalue weighted by Gasteiger charge is -2.31. The number of hydrogen-bond donors (Lipinski definition) is 1. The summed E-state index contributed by atoms with van der Waals surface area (Å²) < 4.78 is 25.2. The van der Waals surface area contributed by atoms with Gasteiger partial charge in [-0.05, 0) is 38.0 Å². The Balaban J connectivity index is 2.11. The second-order valence-electron chi connectivity index (χ2n) is 4.68. The Kier molecular flexibility index (Phi) is 3.21. The number of carbonyl (C=O) groups is 1. The molecule has 16 heavy (non-hydrogen) atoms. The topological polar surface area (TPSA) is 74.7 Å². The number of hydrogen-bond acceptors (Lipinski definition) is 3. The Bertz CT molecular complexity index is 374. The molecule has 2 aliphatic rings. The normalized spacial score (nSPS) is 27.9. The lowest BCUT2D eigenvalue weighted by Crippen LogP contribution is -2.48. The van der Waals surface area contributed by atoms with Crippen LogP contribution in [0.4, 0.5) is 0 Å².